The predicted octanol–water partition coefficient (Wildman–Crippen LogP) is 2.05. The molecule has 0 spiro atoms. The van der Waals surface area contributed by atoms with Gasteiger partial charge in [-0.2, -0.15) is 13.2 Å². The van der Waals surface area contributed by atoms with Crippen LogP contribution in [0.4, 0.5) is 17.6 Å². The molecule has 2 rings (SSSR count). The summed E-state index contributed by atoms with van der Waals surface area (Å²) in [5.41, 5.74) is 6.75. The Hall–Kier alpha value is -2.55. The van der Waals surface area contributed by atoms with Gasteiger partial charge in [-0.3, -0.25) is 5.01 Å². The molecule has 1 aromatic rings. The van der Waals surface area contributed by atoms with E-state index >= 15 is 0 Å². The lowest BCUT2D eigenvalue weighted by atomic mass is 10.0. The zero-order valence-electron chi connectivity index (χ0n) is 11.1. The Morgan fingerprint density at radius 1 is 1.36 bits per heavy atom. The van der Waals surface area contributed by atoms with Crippen LogP contribution >= 0.6 is 0 Å². The van der Waals surface area contributed by atoms with Gasteiger partial charge in [-0.15, -0.1) is 0 Å². The minimum absolute atomic E-state index is 0.348. The zero-order valence-corrected chi connectivity index (χ0v) is 11.1. The third-order valence-corrected chi connectivity index (χ3v) is 2.70. The molecule has 0 saturated heterocycles. The number of hydrogen-bond acceptors (Lipinski definition) is 5. The second kappa shape index (κ2) is 6.06. The minimum Gasteiger partial charge on any atom is -0.466 e. The van der Waals surface area contributed by atoms with Gasteiger partial charge in [0.2, 0.25) is 0 Å². The summed E-state index contributed by atoms with van der Waals surface area (Å²) in [5.74, 6) is 3.89. The highest BCUT2D eigenvalue weighted by Crippen LogP contribution is 2.26. The molecular weight excluding hydrogens is 304 g/mol. The Labute approximate surface area is 123 Å². The van der Waals surface area contributed by atoms with E-state index in [-0.39, 0.29) is 0 Å². The molecule has 22 heavy (non-hydrogen) atoms. The molecule has 0 bridgehead atoms. The maximum absolute atomic E-state index is 13.8. The Morgan fingerprint density at radius 3 is 2.68 bits per heavy atom. The third-order valence-electron chi connectivity index (χ3n) is 2.70. The second-order valence-electron chi connectivity index (χ2n) is 4.33. The number of allylic oxidation sites excluding steroid dienone is 3. The molecule has 1 aromatic heterocycles. The molecule has 0 aliphatic carbocycles. The van der Waals surface area contributed by atoms with Crippen molar-refractivity contribution in [2.45, 2.75) is 6.18 Å². The number of nitrogens with zero attached hydrogens (tertiary/aromatic N) is 2. The largest absolute Gasteiger partial charge is 0.466 e. The summed E-state index contributed by atoms with van der Waals surface area (Å²) in [5, 5.41) is 1.26. The molecule has 5 nitrogen and oxygen atoms in total. The van der Waals surface area contributed by atoms with Crippen LogP contribution in [-0.4, -0.2) is 22.8 Å². The maximum atomic E-state index is 13.8. The van der Waals surface area contributed by atoms with Crippen LogP contribution in [0.2, 0.25) is 0 Å². The zero-order chi connectivity index (χ0) is 16.3. The van der Waals surface area contributed by atoms with E-state index in [0.717, 1.165) is 6.07 Å². The summed E-state index contributed by atoms with van der Waals surface area (Å²) in [7, 11) is 0. The molecule has 9 heteroatoms. The van der Waals surface area contributed by atoms with Crippen LogP contribution in [0.15, 0.2) is 42.5 Å². The summed E-state index contributed by atoms with van der Waals surface area (Å²) < 4.78 is 54.2. The fraction of sp³-hybridized carbons (Fsp3) is 0.154. The van der Waals surface area contributed by atoms with Crippen molar-refractivity contribution >= 4 is 5.57 Å². The molecule has 118 valence electrons. The number of rotatable bonds is 3. The Kier molecular flexibility index (Phi) is 4.36. The molecule has 1 aliphatic heterocycles. The molecule has 0 radical (unpaired) electrons. The first kappa shape index (κ1) is 15.8. The van der Waals surface area contributed by atoms with Crippen molar-refractivity contribution in [3.8, 4) is 5.88 Å². The van der Waals surface area contributed by atoms with E-state index in [1.54, 1.807) is 12.2 Å². The third kappa shape index (κ3) is 3.76. The summed E-state index contributed by atoms with van der Waals surface area (Å²) in [4.78, 5) is 3.56. The number of hydrazine groups is 1. The molecular formula is C13H12F4N4O. The number of alkyl halides is 3. The standard InChI is InChI=1S/C13H12F4N4O/c14-11-4-9(6-20-12(11)22-7-13(15,16)17)8-1-2-21(19)10(3-8)5-18/h1-6H,7,18-19H2/b10-5-. The number of aromatic nitrogens is 1. The van der Waals surface area contributed by atoms with Crippen molar-refractivity contribution < 1.29 is 22.3 Å². The van der Waals surface area contributed by atoms with Crippen molar-refractivity contribution in [2.75, 3.05) is 6.61 Å². The highest BCUT2D eigenvalue weighted by atomic mass is 19.4. The van der Waals surface area contributed by atoms with Gasteiger partial charge in [-0.25, -0.2) is 15.2 Å². The van der Waals surface area contributed by atoms with Gasteiger partial charge in [-0.05, 0) is 23.8 Å². The van der Waals surface area contributed by atoms with E-state index in [2.05, 4.69) is 9.72 Å². The lowest BCUT2D eigenvalue weighted by Gasteiger charge is -2.20. The first-order valence-corrected chi connectivity index (χ1v) is 6.01. The number of ether oxygens (including phenoxy) is 1. The van der Waals surface area contributed by atoms with Gasteiger partial charge in [0, 0.05) is 24.2 Å². The van der Waals surface area contributed by atoms with Gasteiger partial charge in [0.1, 0.15) is 0 Å². The second-order valence-corrected chi connectivity index (χ2v) is 4.33. The fourth-order valence-electron chi connectivity index (χ4n) is 1.68. The van der Waals surface area contributed by atoms with Crippen LogP contribution in [0.1, 0.15) is 5.56 Å². The van der Waals surface area contributed by atoms with Gasteiger partial charge < -0.3 is 10.5 Å². The first-order valence-electron chi connectivity index (χ1n) is 6.01. The topological polar surface area (TPSA) is 77.4 Å². The SMILES string of the molecule is N/C=C1/C=C(c2cnc(OCC(F)(F)F)c(F)c2)C=CN1N. The van der Waals surface area contributed by atoms with E-state index in [9.17, 15) is 17.6 Å². The Morgan fingerprint density at radius 2 is 2.09 bits per heavy atom. The van der Waals surface area contributed by atoms with Crippen LogP contribution in [0, 0.1) is 5.82 Å². The van der Waals surface area contributed by atoms with E-state index in [1.165, 1.54) is 23.6 Å². The normalized spacial score (nSPS) is 16.9. The van der Waals surface area contributed by atoms with Crippen LogP contribution in [0.25, 0.3) is 5.57 Å². The van der Waals surface area contributed by atoms with Crippen molar-refractivity contribution in [1.82, 2.24) is 9.99 Å². The molecule has 0 aromatic carbocycles. The van der Waals surface area contributed by atoms with Crippen molar-refractivity contribution in [3.63, 3.8) is 0 Å². The maximum Gasteiger partial charge on any atom is 0.422 e. The lowest BCUT2D eigenvalue weighted by Crippen LogP contribution is -2.25. The van der Waals surface area contributed by atoms with Gasteiger partial charge in [-0.1, -0.05) is 0 Å². The Bertz CT molecular complexity index is 652. The number of hydrogen-bond donors (Lipinski definition) is 2. The van der Waals surface area contributed by atoms with E-state index in [0.29, 0.717) is 16.8 Å². The van der Waals surface area contributed by atoms with Crippen LogP contribution < -0.4 is 16.3 Å². The van der Waals surface area contributed by atoms with Crippen molar-refractivity contribution in [1.29, 1.82) is 0 Å². The first-order chi connectivity index (χ1) is 10.3. The highest BCUT2D eigenvalue weighted by molar-refractivity contribution is 5.77. The van der Waals surface area contributed by atoms with Crippen molar-refractivity contribution in [3.05, 3.63) is 53.9 Å². The average molecular weight is 316 g/mol. The van der Waals surface area contributed by atoms with Crippen LogP contribution in [0.3, 0.4) is 0 Å². The smallest absolute Gasteiger partial charge is 0.422 e. The fourth-order valence-corrected chi connectivity index (χ4v) is 1.68. The molecule has 0 unspecified atom stereocenters. The van der Waals surface area contributed by atoms with E-state index in [1.807, 2.05) is 0 Å². The van der Waals surface area contributed by atoms with Crippen LogP contribution in [-0.2, 0) is 0 Å². The van der Waals surface area contributed by atoms with E-state index < -0.39 is 24.5 Å². The Balaban J connectivity index is 2.21. The van der Waals surface area contributed by atoms with Gasteiger partial charge in [0.15, 0.2) is 12.4 Å². The highest BCUT2D eigenvalue weighted by Gasteiger charge is 2.29. The van der Waals surface area contributed by atoms with Crippen molar-refractivity contribution in [2.24, 2.45) is 11.6 Å². The van der Waals surface area contributed by atoms with Gasteiger partial charge in [0.05, 0.1) is 5.70 Å². The molecule has 0 saturated carbocycles. The van der Waals surface area contributed by atoms with Crippen LogP contribution in [0.5, 0.6) is 5.88 Å². The quantitative estimate of drug-likeness (QED) is 0.659. The molecule has 1 aliphatic rings. The molecule has 0 fully saturated rings. The minimum atomic E-state index is -4.56. The molecule has 2 heterocycles. The summed E-state index contributed by atoms with van der Waals surface area (Å²) in [6.45, 7) is -1.61. The molecule has 0 amide bonds. The summed E-state index contributed by atoms with van der Waals surface area (Å²) in [6, 6.07) is 1.02. The number of halogens is 4. The average Bonchev–Trinajstić information content (AvgIpc) is 2.45. The molecule has 4 N–H and O–H groups in total. The van der Waals surface area contributed by atoms with Gasteiger partial charge in [0.25, 0.3) is 5.88 Å². The summed E-state index contributed by atoms with van der Waals surface area (Å²) >= 11 is 0. The number of pyridine rings is 1. The molecule has 0 atom stereocenters. The predicted molar refractivity (Wildman–Crippen MR) is 71.2 cm³/mol. The van der Waals surface area contributed by atoms with E-state index in [4.69, 9.17) is 11.6 Å². The monoisotopic (exact) mass is 316 g/mol. The number of nitrogens with two attached hydrogens (primary N) is 2. The lowest BCUT2D eigenvalue weighted by molar-refractivity contribution is -0.154. The van der Waals surface area contributed by atoms with Gasteiger partial charge >= 0.3 is 6.18 Å². The summed E-state index contributed by atoms with van der Waals surface area (Å²) in [6.07, 6.45) is 2.55.